The Morgan fingerprint density at radius 3 is 1.38 bits per heavy atom. The van der Waals surface area contributed by atoms with E-state index in [4.69, 9.17) is 16.0 Å². The number of fused-ring (bicyclic) bond motifs is 1. The zero-order valence-corrected chi connectivity index (χ0v) is 40.4. The zero-order chi connectivity index (χ0) is 42.0. The Morgan fingerprint density at radius 1 is 0.459 bits per heavy atom. The molecule has 21 nitrogen and oxygen atoms in total. The van der Waals surface area contributed by atoms with Gasteiger partial charge in [0.15, 0.2) is 5.75 Å². The summed E-state index contributed by atoms with van der Waals surface area (Å²) in [6.45, 7) is 0. The first-order chi connectivity index (χ1) is 27.3. The number of nitrogen functional groups attached to an aromatic ring is 2. The molecule has 27 heteroatoms. The summed E-state index contributed by atoms with van der Waals surface area (Å²) in [6, 6.07) is 22.4. The van der Waals surface area contributed by atoms with Crippen LogP contribution in [0.5, 0.6) is 11.5 Å². The van der Waals surface area contributed by atoms with Gasteiger partial charge < -0.3 is 21.7 Å². The number of anilines is 2. The van der Waals surface area contributed by atoms with Crippen molar-refractivity contribution in [2.45, 2.75) is 14.7 Å². The van der Waals surface area contributed by atoms with Gasteiger partial charge in [-0.2, -0.15) is 45.7 Å². The van der Waals surface area contributed by atoms with Crippen LogP contribution >= 0.6 is 0 Å². The number of azo groups is 4. The molecular formula is C34H26N10Na3O11S3. The minimum atomic E-state index is -5.11. The minimum Gasteiger partial charge on any atom is -0.506 e. The van der Waals surface area contributed by atoms with Crippen LogP contribution in [0.15, 0.2) is 159 Å². The topological polar surface area (TPSA) is 354 Å². The Hall–Kier alpha value is -4.09. The SMILES string of the molecule is Nc1cc(O)c(N=Nc2ccc(N=Nc3c(S(=O)(=O)O)cc4cc(S(=O)(=O)O)c(N=Nc5ccccc5)c(O)c4c3N)cc2)cc1N=Nc1ccc(S(=O)(=O)O)cc1.[Na].[Na].[Na]. The Morgan fingerprint density at radius 2 is 0.885 bits per heavy atom. The van der Waals surface area contributed by atoms with E-state index in [0.29, 0.717) is 0 Å². The molecule has 0 atom stereocenters. The van der Waals surface area contributed by atoms with Gasteiger partial charge in [-0.15, -0.1) is 20.5 Å². The smallest absolute Gasteiger partial charge is 0.296 e. The quantitative estimate of drug-likeness (QED) is 0.0284. The Balaban J connectivity index is 0.00000331. The third kappa shape index (κ3) is 12.5. The van der Waals surface area contributed by atoms with Gasteiger partial charge in [-0.25, -0.2) is 0 Å². The average Bonchev–Trinajstić information content (AvgIpc) is 3.16. The largest absolute Gasteiger partial charge is 0.506 e. The van der Waals surface area contributed by atoms with Crippen molar-refractivity contribution in [2.24, 2.45) is 40.9 Å². The summed E-state index contributed by atoms with van der Waals surface area (Å²) >= 11 is 0. The van der Waals surface area contributed by atoms with Crippen molar-refractivity contribution in [2.75, 3.05) is 11.5 Å². The molecule has 0 aliphatic carbocycles. The maximum Gasteiger partial charge on any atom is 0.296 e. The molecule has 0 spiro atoms. The maximum absolute atomic E-state index is 12.4. The van der Waals surface area contributed by atoms with E-state index in [1.165, 1.54) is 54.6 Å². The van der Waals surface area contributed by atoms with Crippen molar-refractivity contribution in [3.05, 3.63) is 103 Å². The van der Waals surface area contributed by atoms with E-state index in [9.17, 15) is 44.6 Å². The molecule has 6 aromatic carbocycles. The van der Waals surface area contributed by atoms with Gasteiger partial charge >= 0.3 is 0 Å². The molecule has 0 saturated heterocycles. The van der Waals surface area contributed by atoms with Crippen LogP contribution in [0, 0.1) is 0 Å². The van der Waals surface area contributed by atoms with Gasteiger partial charge in [0.2, 0.25) is 0 Å². The molecule has 9 N–H and O–H groups in total. The number of aromatic hydroxyl groups is 2. The normalized spacial score (nSPS) is 12.2. The number of hydrogen-bond acceptors (Lipinski definition) is 18. The van der Waals surface area contributed by atoms with Gasteiger partial charge in [0, 0.05) is 94.7 Å². The average molecular weight is 916 g/mol. The molecule has 0 heterocycles. The van der Waals surface area contributed by atoms with E-state index in [1.807, 2.05) is 0 Å². The second-order valence-corrected chi connectivity index (χ2v) is 16.0. The first kappa shape index (κ1) is 51.3. The predicted molar refractivity (Wildman–Crippen MR) is 225 cm³/mol. The molecule has 0 amide bonds. The molecular weight excluding hydrogens is 890 g/mol. The molecule has 61 heavy (non-hydrogen) atoms. The van der Waals surface area contributed by atoms with Gasteiger partial charge in [0.05, 0.1) is 44.4 Å². The zero-order valence-electron chi connectivity index (χ0n) is 32.0. The molecule has 0 fully saturated rings. The van der Waals surface area contributed by atoms with Crippen LogP contribution in [-0.4, -0.2) is 138 Å². The van der Waals surface area contributed by atoms with Gasteiger partial charge in [-0.1, -0.05) is 18.2 Å². The van der Waals surface area contributed by atoms with E-state index in [-0.39, 0.29) is 150 Å². The first-order valence-corrected chi connectivity index (χ1v) is 20.2. The third-order valence-corrected chi connectivity index (χ3v) is 10.4. The molecule has 0 bridgehead atoms. The van der Waals surface area contributed by atoms with Crippen molar-refractivity contribution < 1.29 is 49.1 Å². The molecule has 6 rings (SSSR count). The standard InChI is InChI=1S/C34H26N10O11S3.3Na/c35-24-16-27(45)26(17-25(24)41-37-22-10-12-23(13-11-22)56(47,48)49)42-38-20-6-8-21(9-7-20)40-43-32-28(57(50,51)52)14-18-15-29(58(53,54)55)33(34(46)30(18)31(32)36)44-39-19-4-2-1-3-5-19;;;/h1-17,45-46H,35-36H2,(H,47,48,49)(H,50,51,52)(H,53,54,55);;;. The van der Waals surface area contributed by atoms with Crippen LogP contribution in [0.4, 0.5) is 56.9 Å². The van der Waals surface area contributed by atoms with Crippen LogP contribution in [0.2, 0.25) is 0 Å². The fourth-order valence-corrected chi connectivity index (χ4v) is 6.87. The number of nitrogens with two attached hydrogens (primary N) is 2. The van der Waals surface area contributed by atoms with E-state index < -0.39 is 63.0 Å². The number of phenols is 2. The summed E-state index contributed by atoms with van der Waals surface area (Å²) in [4.78, 5) is -2.19. The van der Waals surface area contributed by atoms with Crippen LogP contribution in [-0.2, 0) is 30.4 Å². The molecule has 3 radical (unpaired) electrons. The molecule has 0 aliphatic heterocycles. The van der Waals surface area contributed by atoms with Gasteiger partial charge in [0.1, 0.15) is 38.3 Å². The van der Waals surface area contributed by atoms with E-state index in [0.717, 1.165) is 30.3 Å². The second kappa shape index (κ2) is 20.9. The summed E-state index contributed by atoms with van der Waals surface area (Å²) in [7, 11) is -14.6. The number of benzene rings is 6. The van der Waals surface area contributed by atoms with Crippen molar-refractivity contribution in [1.82, 2.24) is 0 Å². The Labute approximate surface area is 413 Å². The second-order valence-electron chi connectivity index (χ2n) is 11.8. The monoisotopic (exact) mass is 915 g/mol. The van der Waals surface area contributed by atoms with Gasteiger partial charge in [0.25, 0.3) is 30.4 Å². The molecule has 0 aliphatic rings. The van der Waals surface area contributed by atoms with Crippen LogP contribution < -0.4 is 11.5 Å². The third-order valence-electron chi connectivity index (χ3n) is 7.81. The van der Waals surface area contributed by atoms with E-state index in [2.05, 4.69) is 40.9 Å². The van der Waals surface area contributed by atoms with Crippen molar-refractivity contribution in [3.63, 3.8) is 0 Å². The van der Waals surface area contributed by atoms with E-state index >= 15 is 0 Å². The number of phenolic OH excluding ortho intramolecular Hbond substituents is 2. The first-order valence-electron chi connectivity index (χ1n) is 15.9. The van der Waals surface area contributed by atoms with Crippen molar-refractivity contribution >= 4 is 187 Å². The fourth-order valence-electron chi connectivity index (χ4n) is 5.06. The summed E-state index contributed by atoms with van der Waals surface area (Å²) < 4.78 is 101. The van der Waals surface area contributed by atoms with Gasteiger partial charge in [-0.3, -0.25) is 13.7 Å². The number of hydrogen-bond donors (Lipinski definition) is 7. The summed E-state index contributed by atoms with van der Waals surface area (Å²) in [5.74, 6) is -1.26. The van der Waals surface area contributed by atoms with Gasteiger partial charge in [-0.05, 0) is 84.2 Å². The van der Waals surface area contributed by atoms with E-state index in [1.54, 1.807) is 18.2 Å². The Bertz CT molecular complexity index is 3070. The summed E-state index contributed by atoms with van der Waals surface area (Å²) in [5.41, 5.74) is 11.1. The molecule has 6 aromatic rings. The molecule has 0 unspecified atom stereocenters. The maximum atomic E-state index is 12.4. The minimum absolute atomic E-state index is 0. The van der Waals surface area contributed by atoms with Crippen molar-refractivity contribution in [1.29, 1.82) is 0 Å². The summed E-state index contributed by atoms with van der Waals surface area (Å²) in [5, 5.41) is 52.5. The Kier molecular flexibility index (Phi) is 17.5. The molecule has 299 valence electrons. The van der Waals surface area contributed by atoms with Crippen molar-refractivity contribution in [3.8, 4) is 11.5 Å². The number of rotatable bonds is 11. The van der Waals surface area contributed by atoms with Crippen LogP contribution in [0.1, 0.15) is 0 Å². The fraction of sp³-hybridized carbons (Fsp3) is 0. The number of nitrogens with zero attached hydrogens (tertiary/aromatic N) is 8. The molecule has 0 aromatic heterocycles. The predicted octanol–water partition coefficient (Wildman–Crippen LogP) is 7.67. The van der Waals surface area contributed by atoms with Crippen LogP contribution in [0.3, 0.4) is 0 Å². The molecule has 0 saturated carbocycles. The summed E-state index contributed by atoms with van der Waals surface area (Å²) in [6.07, 6.45) is 0. The van der Waals surface area contributed by atoms with Crippen LogP contribution in [0.25, 0.3) is 10.8 Å².